The van der Waals surface area contributed by atoms with Crippen molar-refractivity contribution in [1.82, 2.24) is 0 Å². The molecular weight excluding hydrogens is 190 g/mol. The van der Waals surface area contributed by atoms with E-state index in [1.54, 1.807) is 6.26 Å². The molecule has 0 spiro atoms. The number of para-hydroxylation sites is 1. The number of nitrogens with two attached hydrogens (primary N) is 1. The molecule has 0 saturated carbocycles. The number of furan rings is 1. The third-order valence-corrected chi connectivity index (χ3v) is 2.10. The third kappa shape index (κ3) is 2.39. The number of hydrogen-bond acceptors (Lipinski definition) is 3. The molecule has 0 bridgehead atoms. The molecule has 0 radical (unpaired) electrons. The van der Waals surface area contributed by atoms with Crippen LogP contribution in [0.25, 0.3) is 0 Å². The predicted molar refractivity (Wildman–Crippen MR) is 57.6 cm³/mol. The summed E-state index contributed by atoms with van der Waals surface area (Å²) in [6.45, 7) is 0.391. The first-order chi connectivity index (χ1) is 7.40. The van der Waals surface area contributed by atoms with E-state index in [4.69, 9.17) is 14.9 Å². The Bertz CT molecular complexity index is 383. The Balaban J connectivity index is 2.10. The van der Waals surface area contributed by atoms with E-state index >= 15 is 0 Å². The number of rotatable bonds is 4. The fourth-order valence-electron chi connectivity index (χ4n) is 1.36. The van der Waals surface area contributed by atoms with E-state index in [1.165, 1.54) is 0 Å². The molecule has 1 aromatic heterocycles. The Morgan fingerprint density at radius 2 is 1.93 bits per heavy atom. The second kappa shape index (κ2) is 4.66. The van der Waals surface area contributed by atoms with Crippen molar-refractivity contribution in [3.05, 3.63) is 54.5 Å². The quantitative estimate of drug-likeness (QED) is 0.829. The molecule has 78 valence electrons. The van der Waals surface area contributed by atoms with Gasteiger partial charge >= 0.3 is 0 Å². The molecule has 0 fully saturated rings. The SMILES string of the molecule is NCC(Oc1ccccc1)c1ccco1. The Hall–Kier alpha value is -1.74. The van der Waals surface area contributed by atoms with Crippen LogP contribution in [0.2, 0.25) is 0 Å². The molecule has 0 aliphatic carbocycles. The van der Waals surface area contributed by atoms with Gasteiger partial charge in [-0.1, -0.05) is 18.2 Å². The normalized spacial score (nSPS) is 12.3. The Kier molecular flexibility index (Phi) is 3.05. The predicted octanol–water partition coefficient (Wildman–Crippen LogP) is 2.36. The summed E-state index contributed by atoms with van der Waals surface area (Å²) in [5.74, 6) is 1.55. The van der Waals surface area contributed by atoms with Gasteiger partial charge in [-0.15, -0.1) is 0 Å². The Labute approximate surface area is 88.5 Å². The molecule has 1 aromatic carbocycles. The molecule has 1 unspecified atom stereocenters. The summed E-state index contributed by atoms with van der Waals surface area (Å²) >= 11 is 0. The van der Waals surface area contributed by atoms with Crippen LogP contribution in [0.5, 0.6) is 5.75 Å². The topological polar surface area (TPSA) is 48.4 Å². The summed E-state index contributed by atoms with van der Waals surface area (Å²) in [4.78, 5) is 0. The number of hydrogen-bond donors (Lipinski definition) is 1. The minimum absolute atomic E-state index is 0.220. The zero-order valence-corrected chi connectivity index (χ0v) is 8.30. The van der Waals surface area contributed by atoms with Gasteiger partial charge in [-0.25, -0.2) is 0 Å². The maximum atomic E-state index is 5.69. The van der Waals surface area contributed by atoms with Gasteiger partial charge in [0.25, 0.3) is 0 Å². The minimum atomic E-state index is -0.220. The molecule has 15 heavy (non-hydrogen) atoms. The van der Waals surface area contributed by atoms with E-state index in [-0.39, 0.29) is 6.10 Å². The summed E-state index contributed by atoms with van der Waals surface area (Å²) in [5, 5.41) is 0. The lowest BCUT2D eigenvalue weighted by Gasteiger charge is -2.14. The second-order valence-electron chi connectivity index (χ2n) is 3.17. The van der Waals surface area contributed by atoms with Gasteiger partial charge in [0, 0.05) is 6.54 Å². The molecule has 0 amide bonds. The van der Waals surface area contributed by atoms with E-state index in [0.29, 0.717) is 6.54 Å². The molecular formula is C12H13NO2. The van der Waals surface area contributed by atoms with E-state index in [2.05, 4.69) is 0 Å². The van der Waals surface area contributed by atoms with Crippen molar-refractivity contribution < 1.29 is 9.15 Å². The zero-order chi connectivity index (χ0) is 10.5. The summed E-state index contributed by atoms with van der Waals surface area (Å²) in [6.07, 6.45) is 1.40. The van der Waals surface area contributed by atoms with Crippen molar-refractivity contribution in [3.63, 3.8) is 0 Å². The van der Waals surface area contributed by atoms with Gasteiger partial charge in [0.1, 0.15) is 11.5 Å². The average molecular weight is 203 g/mol. The third-order valence-electron chi connectivity index (χ3n) is 2.10. The Morgan fingerprint density at radius 1 is 1.13 bits per heavy atom. The highest BCUT2D eigenvalue weighted by molar-refractivity contribution is 5.22. The van der Waals surface area contributed by atoms with Crippen LogP contribution in [0.15, 0.2) is 53.1 Å². The summed E-state index contributed by atoms with van der Waals surface area (Å²) in [6, 6.07) is 13.3. The van der Waals surface area contributed by atoms with Crippen molar-refractivity contribution in [2.75, 3.05) is 6.54 Å². The van der Waals surface area contributed by atoms with Gasteiger partial charge in [0.15, 0.2) is 6.10 Å². The van der Waals surface area contributed by atoms with Crippen LogP contribution in [0.3, 0.4) is 0 Å². The highest BCUT2D eigenvalue weighted by Gasteiger charge is 2.13. The zero-order valence-electron chi connectivity index (χ0n) is 8.30. The van der Waals surface area contributed by atoms with Crippen molar-refractivity contribution in [1.29, 1.82) is 0 Å². The molecule has 2 aromatic rings. The van der Waals surface area contributed by atoms with E-state index < -0.39 is 0 Å². The average Bonchev–Trinajstić information content (AvgIpc) is 2.81. The molecule has 0 aliphatic heterocycles. The first-order valence-corrected chi connectivity index (χ1v) is 4.85. The van der Waals surface area contributed by atoms with E-state index in [9.17, 15) is 0 Å². The number of ether oxygens (including phenoxy) is 1. The largest absolute Gasteiger partial charge is 0.481 e. The summed E-state index contributed by atoms with van der Waals surface area (Å²) in [7, 11) is 0. The van der Waals surface area contributed by atoms with Crippen molar-refractivity contribution in [2.24, 2.45) is 5.73 Å². The minimum Gasteiger partial charge on any atom is -0.481 e. The van der Waals surface area contributed by atoms with Gasteiger partial charge in [-0.05, 0) is 24.3 Å². The van der Waals surface area contributed by atoms with Crippen LogP contribution in [-0.4, -0.2) is 6.54 Å². The smallest absolute Gasteiger partial charge is 0.168 e. The van der Waals surface area contributed by atoms with Crippen LogP contribution in [-0.2, 0) is 0 Å². The van der Waals surface area contributed by atoms with Gasteiger partial charge in [0.05, 0.1) is 6.26 Å². The van der Waals surface area contributed by atoms with Gasteiger partial charge < -0.3 is 14.9 Å². The molecule has 1 atom stereocenters. The molecule has 3 heteroatoms. The monoisotopic (exact) mass is 203 g/mol. The van der Waals surface area contributed by atoms with E-state index in [0.717, 1.165) is 11.5 Å². The van der Waals surface area contributed by atoms with Gasteiger partial charge in [-0.3, -0.25) is 0 Å². The summed E-state index contributed by atoms with van der Waals surface area (Å²) in [5.41, 5.74) is 5.63. The van der Waals surface area contributed by atoms with Crippen LogP contribution in [0, 0.1) is 0 Å². The highest BCUT2D eigenvalue weighted by Crippen LogP contribution is 2.20. The standard InChI is InChI=1S/C12H13NO2/c13-9-12(11-7-4-8-14-11)15-10-5-2-1-3-6-10/h1-8,12H,9,13H2. The van der Waals surface area contributed by atoms with Crippen LogP contribution in [0.4, 0.5) is 0 Å². The molecule has 2 N–H and O–H groups in total. The van der Waals surface area contributed by atoms with Crippen molar-refractivity contribution in [2.45, 2.75) is 6.10 Å². The second-order valence-corrected chi connectivity index (χ2v) is 3.17. The van der Waals surface area contributed by atoms with E-state index in [1.807, 2.05) is 42.5 Å². The van der Waals surface area contributed by atoms with Crippen LogP contribution >= 0.6 is 0 Å². The molecule has 1 heterocycles. The highest BCUT2D eigenvalue weighted by atomic mass is 16.5. The van der Waals surface area contributed by atoms with Gasteiger partial charge in [-0.2, -0.15) is 0 Å². The summed E-state index contributed by atoms with van der Waals surface area (Å²) < 4.78 is 10.9. The fourth-order valence-corrected chi connectivity index (χ4v) is 1.36. The first kappa shape index (κ1) is 9.80. The van der Waals surface area contributed by atoms with Crippen molar-refractivity contribution >= 4 is 0 Å². The van der Waals surface area contributed by atoms with Crippen LogP contribution in [0.1, 0.15) is 11.9 Å². The maximum Gasteiger partial charge on any atom is 0.168 e. The molecule has 3 nitrogen and oxygen atoms in total. The lowest BCUT2D eigenvalue weighted by molar-refractivity contribution is 0.184. The van der Waals surface area contributed by atoms with Crippen molar-refractivity contribution in [3.8, 4) is 5.75 Å². The van der Waals surface area contributed by atoms with Crippen LogP contribution < -0.4 is 10.5 Å². The lowest BCUT2D eigenvalue weighted by Crippen LogP contribution is -2.17. The number of benzene rings is 1. The maximum absolute atomic E-state index is 5.69. The lowest BCUT2D eigenvalue weighted by atomic mass is 10.2. The molecule has 0 saturated heterocycles. The Morgan fingerprint density at radius 3 is 2.53 bits per heavy atom. The molecule has 0 aliphatic rings. The fraction of sp³-hybridized carbons (Fsp3) is 0.167. The van der Waals surface area contributed by atoms with Gasteiger partial charge in [0.2, 0.25) is 0 Å². The first-order valence-electron chi connectivity index (χ1n) is 4.85. The molecule has 2 rings (SSSR count).